The van der Waals surface area contributed by atoms with Crippen LogP contribution >= 0.6 is 0 Å². The lowest BCUT2D eigenvalue weighted by Gasteiger charge is -2.26. The lowest BCUT2D eigenvalue weighted by atomic mass is 9.93. The maximum Gasteiger partial charge on any atom is 0.315 e. The minimum absolute atomic E-state index is 0.00166. The fourth-order valence-electron chi connectivity index (χ4n) is 3.73. The summed E-state index contributed by atoms with van der Waals surface area (Å²) in [7, 11) is 0. The number of benzene rings is 1. The number of carbonyl (C=O) groups excluding carboxylic acids is 1. The zero-order chi connectivity index (χ0) is 18.5. The molecule has 2 aromatic rings. The number of urea groups is 1. The van der Waals surface area contributed by atoms with Gasteiger partial charge in [-0.3, -0.25) is 4.68 Å². The highest BCUT2D eigenvalue weighted by Crippen LogP contribution is 2.29. The normalized spacial score (nSPS) is 22.1. The van der Waals surface area contributed by atoms with Crippen LogP contribution in [0.5, 0.6) is 0 Å². The number of nitrogens with one attached hydrogen (secondary N) is 2. The molecule has 1 saturated heterocycles. The fraction of sp³-hybridized carbons (Fsp3) is 0.500. The molecule has 1 aromatic carbocycles. The number of aromatic nitrogens is 2. The van der Waals surface area contributed by atoms with E-state index in [0.717, 1.165) is 31.4 Å². The van der Waals surface area contributed by atoms with Crippen molar-refractivity contribution in [2.45, 2.75) is 38.0 Å². The van der Waals surface area contributed by atoms with Gasteiger partial charge in [0.1, 0.15) is 0 Å². The molecule has 0 saturated carbocycles. The first-order valence-electron chi connectivity index (χ1n) is 9.62. The molecular formula is C20H26N4O3. The zero-order valence-electron chi connectivity index (χ0n) is 15.4. The lowest BCUT2D eigenvalue weighted by Crippen LogP contribution is -2.45. The van der Waals surface area contributed by atoms with Crippen molar-refractivity contribution in [1.82, 2.24) is 20.4 Å². The molecule has 2 amide bonds. The molecule has 0 bridgehead atoms. The summed E-state index contributed by atoms with van der Waals surface area (Å²) in [5, 5.41) is 10.6. The summed E-state index contributed by atoms with van der Waals surface area (Å²) in [6.45, 7) is 2.95. The molecule has 4 rings (SSSR count). The van der Waals surface area contributed by atoms with Crippen LogP contribution in [0.25, 0.3) is 0 Å². The van der Waals surface area contributed by atoms with Crippen molar-refractivity contribution in [3.63, 3.8) is 0 Å². The minimum atomic E-state index is -0.169. The number of amides is 2. The van der Waals surface area contributed by atoms with Crippen molar-refractivity contribution in [2.75, 3.05) is 26.4 Å². The van der Waals surface area contributed by atoms with Gasteiger partial charge in [-0.05, 0) is 24.8 Å². The van der Waals surface area contributed by atoms with E-state index in [0.29, 0.717) is 26.4 Å². The van der Waals surface area contributed by atoms with Gasteiger partial charge < -0.3 is 20.1 Å². The maximum atomic E-state index is 12.3. The average Bonchev–Trinajstić information content (AvgIpc) is 3.12. The van der Waals surface area contributed by atoms with Crippen molar-refractivity contribution in [2.24, 2.45) is 0 Å². The van der Waals surface area contributed by atoms with E-state index in [-0.39, 0.29) is 18.2 Å². The summed E-state index contributed by atoms with van der Waals surface area (Å²) < 4.78 is 13.0. The first-order valence-corrected chi connectivity index (χ1v) is 9.62. The number of rotatable bonds is 5. The van der Waals surface area contributed by atoms with Gasteiger partial charge >= 0.3 is 6.03 Å². The van der Waals surface area contributed by atoms with Gasteiger partial charge in [-0.15, -0.1) is 0 Å². The molecule has 1 fully saturated rings. The summed E-state index contributed by atoms with van der Waals surface area (Å²) in [4.78, 5) is 12.3. The molecular weight excluding hydrogens is 344 g/mol. The van der Waals surface area contributed by atoms with Gasteiger partial charge in [0.15, 0.2) is 0 Å². The second kappa shape index (κ2) is 8.54. The molecule has 0 unspecified atom stereocenters. The third-order valence-electron chi connectivity index (χ3n) is 5.12. The first-order chi connectivity index (χ1) is 13.3. The van der Waals surface area contributed by atoms with Crippen molar-refractivity contribution in [3.8, 4) is 0 Å². The number of nitrogens with zero attached hydrogens (tertiary/aromatic N) is 2. The Bertz CT molecular complexity index is 756. The van der Waals surface area contributed by atoms with Crippen molar-refractivity contribution in [3.05, 3.63) is 53.3 Å². The smallest absolute Gasteiger partial charge is 0.315 e. The molecule has 2 atom stereocenters. The molecule has 2 N–H and O–H groups in total. The molecule has 7 nitrogen and oxygen atoms in total. The molecule has 144 valence electrons. The van der Waals surface area contributed by atoms with E-state index in [1.165, 1.54) is 11.3 Å². The Morgan fingerprint density at radius 2 is 2.15 bits per heavy atom. The largest absolute Gasteiger partial charge is 0.376 e. The number of carbonyl (C=O) groups is 1. The maximum absolute atomic E-state index is 12.3. The Morgan fingerprint density at radius 1 is 1.26 bits per heavy atom. The Kier molecular flexibility index (Phi) is 5.69. The van der Waals surface area contributed by atoms with Crippen molar-refractivity contribution >= 4 is 6.03 Å². The van der Waals surface area contributed by atoms with Crippen LogP contribution in [-0.4, -0.2) is 48.3 Å². The Balaban J connectivity index is 1.36. The Hall–Kier alpha value is -2.38. The summed E-state index contributed by atoms with van der Waals surface area (Å²) in [5.74, 6) is 0. The number of ether oxygens (including phenoxy) is 2. The topological polar surface area (TPSA) is 77.4 Å². The van der Waals surface area contributed by atoms with Gasteiger partial charge in [0.05, 0.1) is 44.7 Å². The molecule has 7 heteroatoms. The van der Waals surface area contributed by atoms with Gasteiger partial charge in [0, 0.05) is 17.8 Å². The molecule has 1 aliphatic heterocycles. The highest BCUT2D eigenvalue weighted by Gasteiger charge is 2.26. The quantitative estimate of drug-likeness (QED) is 0.844. The SMILES string of the molecule is O=C(NC[C@@H]1COCCO1)N[C@@H]1CCCc2c1cnn2Cc1ccccc1. The predicted molar refractivity (Wildman–Crippen MR) is 101 cm³/mol. The van der Waals surface area contributed by atoms with Crippen molar-refractivity contribution < 1.29 is 14.3 Å². The predicted octanol–water partition coefficient (Wildman–Crippen LogP) is 2.02. The van der Waals surface area contributed by atoms with E-state index in [1.807, 2.05) is 24.4 Å². The molecule has 27 heavy (non-hydrogen) atoms. The summed E-state index contributed by atoms with van der Waals surface area (Å²) in [5.41, 5.74) is 3.58. The van der Waals surface area contributed by atoms with Crippen LogP contribution in [0.1, 0.15) is 35.7 Å². The highest BCUT2D eigenvalue weighted by atomic mass is 16.6. The number of fused-ring (bicyclic) bond motifs is 1. The monoisotopic (exact) mass is 370 g/mol. The van der Waals surface area contributed by atoms with E-state index in [2.05, 4.69) is 32.5 Å². The van der Waals surface area contributed by atoms with E-state index in [1.54, 1.807) is 0 Å². The third-order valence-corrected chi connectivity index (χ3v) is 5.12. The average molecular weight is 370 g/mol. The second-order valence-corrected chi connectivity index (χ2v) is 7.06. The molecule has 2 heterocycles. The summed E-state index contributed by atoms with van der Waals surface area (Å²) in [6.07, 6.45) is 4.80. The fourth-order valence-corrected chi connectivity index (χ4v) is 3.73. The van der Waals surface area contributed by atoms with Crippen LogP contribution in [0.15, 0.2) is 36.5 Å². The molecule has 1 aromatic heterocycles. The van der Waals surface area contributed by atoms with E-state index >= 15 is 0 Å². The molecule has 0 spiro atoms. The standard InChI is InChI=1S/C20H26N4O3/c25-20(21-11-16-14-26-9-10-27-16)23-18-7-4-8-19-17(18)12-22-24(19)13-15-5-2-1-3-6-15/h1-3,5-6,12,16,18H,4,7-11,13-14H2,(H2,21,23,25)/t16-,18-/m1/s1. The lowest BCUT2D eigenvalue weighted by molar-refractivity contribution is -0.0853. The molecule has 0 radical (unpaired) electrons. The zero-order valence-corrected chi connectivity index (χ0v) is 15.4. The highest BCUT2D eigenvalue weighted by molar-refractivity contribution is 5.74. The number of hydrogen-bond acceptors (Lipinski definition) is 4. The van der Waals surface area contributed by atoms with Crippen LogP contribution in [0.2, 0.25) is 0 Å². The Morgan fingerprint density at radius 3 is 2.96 bits per heavy atom. The molecule has 2 aliphatic rings. The first kappa shape index (κ1) is 18.0. The van der Waals surface area contributed by atoms with Gasteiger partial charge in [-0.1, -0.05) is 30.3 Å². The van der Waals surface area contributed by atoms with Gasteiger partial charge in [-0.25, -0.2) is 4.79 Å². The van der Waals surface area contributed by atoms with Crippen LogP contribution in [0.3, 0.4) is 0 Å². The minimum Gasteiger partial charge on any atom is -0.376 e. The van der Waals surface area contributed by atoms with Crippen LogP contribution in [-0.2, 0) is 22.4 Å². The van der Waals surface area contributed by atoms with E-state index in [4.69, 9.17) is 9.47 Å². The van der Waals surface area contributed by atoms with Gasteiger partial charge in [-0.2, -0.15) is 5.10 Å². The Labute approximate surface area is 159 Å². The number of hydrogen-bond donors (Lipinski definition) is 2. The van der Waals surface area contributed by atoms with Crippen molar-refractivity contribution in [1.29, 1.82) is 0 Å². The van der Waals surface area contributed by atoms with Crippen LogP contribution < -0.4 is 10.6 Å². The van der Waals surface area contributed by atoms with Crippen LogP contribution in [0.4, 0.5) is 4.79 Å². The van der Waals surface area contributed by atoms with Crippen LogP contribution in [0, 0.1) is 0 Å². The summed E-state index contributed by atoms with van der Waals surface area (Å²) >= 11 is 0. The van der Waals surface area contributed by atoms with E-state index < -0.39 is 0 Å². The van der Waals surface area contributed by atoms with Gasteiger partial charge in [0.2, 0.25) is 0 Å². The third kappa shape index (κ3) is 4.48. The van der Waals surface area contributed by atoms with Gasteiger partial charge in [0.25, 0.3) is 0 Å². The summed E-state index contributed by atoms with van der Waals surface area (Å²) in [6, 6.07) is 10.2. The molecule has 1 aliphatic carbocycles. The van der Waals surface area contributed by atoms with E-state index in [9.17, 15) is 4.79 Å². The second-order valence-electron chi connectivity index (χ2n) is 7.06.